The molecule has 0 spiro atoms. The number of aliphatic hydroxyl groups excluding tert-OH is 1. The molecule has 1 heterocycles. The van der Waals surface area contributed by atoms with Gasteiger partial charge in [0, 0.05) is 5.92 Å². The Hall–Kier alpha value is -0.610. The minimum Gasteiger partial charge on any atom is -0.479 e. The molecule has 0 saturated carbocycles. The first-order valence-corrected chi connectivity index (χ1v) is 4.56. The molecule has 1 saturated heterocycles. The SMILES string of the molecule is CCC1CC(O)COC1(C)C(=O)O. The molecule has 2 N–H and O–H groups in total. The first-order chi connectivity index (χ1) is 6.00. The topological polar surface area (TPSA) is 66.8 Å². The fourth-order valence-corrected chi connectivity index (χ4v) is 1.80. The second kappa shape index (κ2) is 3.64. The standard InChI is InChI=1S/C9H16O4/c1-3-6-4-7(10)5-13-9(6,2)8(11)12/h6-7,10H,3-5H2,1-2H3,(H,11,12). The summed E-state index contributed by atoms with van der Waals surface area (Å²) in [4.78, 5) is 10.9. The number of carboxylic acids is 1. The Morgan fingerprint density at radius 2 is 2.31 bits per heavy atom. The van der Waals surface area contributed by atoms with Crippen molar-refractivity contribution in [2.75, 3.05) is 6.61 Å². The zero-order valence-corrected chi connectivity index (χ0v) is 7.99. The van der Waals surface area contributed by atoms with E-state index in [2.05, 4.69) is 0 Å². The number of ether oxygens (including phenoxy) is 1. The molecule has 13 heavy (non-hydrogen) atoms. The molecule has 76 valence electrons. The van der Waals surface area contributed by atoms with Gasteiger partial charge in [-0.1, -0.05) is 6.92 Å². The number of hydrogen-bond donors (Lipinski definition) is 2. The van der Waals surface area contributed by atoms with Gasteiger partial charge in [-0.05, 0) is 19.8 Å². The van der Waals surface area contributed by atoms with Crippen LogP contribution in [0.1, 0.15) is 26.7 Å². The predicted octanol–water partition coefficient (Wildman–Crippen LogP) is 0.637. The van der Waals surface area contributed by atoms with Crippen molar-refractivity contribution in [1.29, 1.82) is 0 Å². The smallest absolute Gasteiger partial charge is 0.335 e. The summed E-state index contributed by atoms with van der Waals surface area (Å²) < 4.78 is 5.19. The molecule has 1 rings (SSSR count). The molecule has 3 atom stereocenters. The Kier molecular flexibility index (Phi) is 2.93. The van der Waals surface area contributed by atoms with Crippen molar-refractivity contribution >= 4 is 5.97 Å². The van der Waals surface area contributed by atoms with Crippen molar-refractivity contribution in [3.8, 4) is 0 Å². The van der Waals surface area contributed by atoms with Crippen molar-refractivity contribution in [3.63, 3.8) is 0 Å². The largest absolute Gasteiger partial charge is 0.479 e. The van der Waals surface area contributed by atoms with Crippen molar-refractivity contribution in [1.82, 2.24) is 0 Å². The minimum absolute atomic E-state index is 0.103. The molecule has 0 aromatic rings. The quantitative estimate of drug-likeness (QED) is 0.667. The molecule has 0 amide bonds. The second-order valence-corrected chi connectivity index (χ2v) is 3.72. The van der Waals surface area contributed by atoms with E-state index in [0.29, 0.717) is 12.8 Å². The molecular weight excluding hydrogens is 172 g/mol. The van der Waals surface area contributed by atoms with E-state index in [-0.39, 0.29) is 12.5 Å². The summed E-state index contributed by atoms with van der Waals surface area (Å²) in [5.41, 5.74) is -1.12. The van der Waals surface area contributed by atoms with Gasteiger partial charge < -0.3 is 14.9 Å². The normalized spacial score (nSPS) is 40.2. The van der Waals surface area contributed by atoms with Gasteiger partial charge in [0.15, 0.2) is 5.60 Å². The molecule has 1 aliphatic rings. The maximum absolute atomic E-state index is 10.9. The van der Waals surface area contributed by atoms with Crippen LogP contribution in [0.2, 0.25) is 0 Å². The van der Waals surface area contributed by atoms with E-state index in [1.807, 2.05) is 6.92 Å². The van der Waals surface area contributed by atoms with Crippen LogP contribution < -0.4 is 0 Å². The number of rotatable bonds is 2. The molecule has 0 aliphatic carbocycles. The first kappa shape index (κ1) is 10.5. The highest BCUT2D eigenvalue weighted by molar-refractivity contribution is 5.77. The van der Waals surface area contributed by atoms with Crippen LogP contribution in [0.25, 0.3) is 0 Å². The lowest BCUT2D eigenvalue weighted by molar-refractivity contribution is -0.191. The maximum atomic E-state index is 10.9. The van der Waals surface area contributed by atoms with E-state index < -0.39 is 17.7 Å². The summed E-state index contributed by atoms with van der Waals surface area (Å²) in [5.74, 6) is -1.04. The fraction of sp³-hybridized carbons (Fsp3) is 0.889. The number of aliphatic hydroxyl groups is 1. The molecule has 4 heteroatoms. The van der Waals surface area contributed by atoms with E-state index in [9.17, 15) is 9.90 Å². The lowest BCUT2D eigenvalue weighted by atomic mass is 9.80. The summed E-state index contributed by atoms with van der Waals surface area (Å²) in [5, 5.41) is 18.3. The van der Waals surface area contributed by atoms with Gasteiger partial charge in [0.2, 0.25) is 0 Å². The molecule has 4 nitrogen and oxygen atoms in total. The Morgan fingerprint density at radius 3 is 2.77 bits per heavy atom. The van der Waals surface area contributed by atoms with Gasteiger partial charge in [-0.2, -0.15) is 0 Å². The molecule has 1 fully saturated rings. The molecule has 0 aromatic carbocycles. The van der Waals surface area contributed by atoms with Crippen molar-refractivity contribution in [2.45, 2.75) is 38.4 Å². The average molecular weight is 188 g/mol. The van der Waals surface area contributed by atoms with Gasteiger partial charge in [0.05, 0.1) is 12.7 Å². The van der Waals surface area contributed by atoms with Crippen LogP contribution in [0, 0.1) is 5.92 Å². The molecular formula is C9H16O4. The lowest BCUT2D eigenvalue weighted by Gasteiger charge is -2.39. The van der Waals surface area contributed by atoms with Gasteiger partial charge in [-0.25, -0.2) is 4.79 Å². The fourth-order valence-electron chi connectivity index (χ4n) is 1.80. The maximum Gasteiger partial charge on any atom is 0.335 e. The lowest BCUT2D eigenvalue weighted by Crippen LogP contribution is -2.51. The van der Waals surface area contributed by atoms with Gasteiger partial charge in [-0.3, -0.25) is 0 Å². The molecule has 3 unspecified atom stereocenters. The number of carbonyl (C=O) groups is 1. The first-order valence-electron chi connectivity index (χ1n) is 4.56. The van der Waals surface area contributed by atoms with Gasteiger partial charge in [-0.15, -0.1) is 0 Å². The van der Waals surface area contributed by atoms with Gasteiger partial charge >= 0.3 is 5.97 Å². The summed E-state index contributed by atoms with van der Waals surface area (Å²) in [6.45, 7) is 3.61. The van der Waals surface area contributed by atoms with Crippen LogP contribution >= 0.6 is 0 Å². The van der Waals surface area contributed by atoms with E-state index in [4.69, 9.17) is 9.84 Å². The van der Waals surface area contributed by atoms with Crippen LogP contribution in [0.15, 0.2) is 0 Å². The monoisotopic (exact) mass is 188 g/mol. The van der Waals surface area contributed by atoms with Crippen molar-refractivity contribution in [2.24, 2.45) is 5.92 Å². The highest BCUT2D eigenvalue weighted by Gasteiger charge is 2.45. The Labute approximate surface area is 77.5 Å². The number of aliphatic carboxylic acids is 1. The Bertz CT molecular complexity index is 204. The highest BCUT2D eigenvalue weighted by atomic mass is 16.5. The summed E-state index contributed by atoms with van der Waals surface area (Å²) in [7, 11) is 0. The molecule has 1 aliphatic heterocycles. The summed E-state index contributed by atoms with van der Waals surface area (Å²) in [6, 6.07) is 0. The second-order valence-electron chi connectivity index (χ2n) is 3.72. The van der Waals surface area contributed by atoms with Crippen LogP contribution in [0.3, 0.4) is 0 Å². The summed E-state index contributed by atoms with van der Waals surface area (Å²) in [6.07, 6.45) is 0.705. The zero-order chi connectivity index (χ0) is 10.1. The number of carboxylic acid groups (broad SMARTS) is 1. The van der Waals surface area contributed by atoms with Crippen molar-refractivity contribution in [3.05, 3.63) is 0 Å². The van der Waals surface area contributed by atoms with Crippen LogP contribution in [0.4, 0.5) is 0 Å². The zero-order valence-electron chi connectivity index (χ0n) is 7.99. The Morgan fingerprint density at radius 1 is 1.69 bits per heavy atom. The third-order valence-electron chi connectivity index (χ3n) is 2.83. The predicted molar refractivity (Wildman–Crippen MR) is 46.4 cm³/mol. The van der Waals surface area contributed by atoms with E-state index >= 15 is 0 Å². The van der Waals surface area contributed by atoms with Gasteiger partial charge in [0.1, 0.15) is 0 Å². The van der Waals surface area contributed by atoms with Crippen LogP contribution in [0.5, 0.6) is 0 Å². The average Bonchev–Trinajstić information content (AvgIpc) is 2.09. The Balaban J connectivity index is 2.78. The summed E-state index contributed by atoms with van der Waals surface area (Å²) >= 11 is 0. The third kappa shape index (κ3) is 1.84. The minimum atomic E-state index is -1.12. The third-order valence-corrected chi connectivity index (χ3v) is 2.83. The highest BCUT2D eigenvalue weighted by Crippen LogP contribution is 2.33. The van der Waals surface area contributed by atoms with Crippen LogP contribution in [-0.2, 0) is 9.53 Å². The van der Waals surface area contributed by atoms with Crippen molar-refractivity contribution < 1.29 is 19.7 Å². The molecule has 0 radical (unpaired) electrons. The van der Waals surface area contributed by atoms with E-state index in [1.54, 1.807) is 6.92 Å². The molecule has 0 aromatic heterocycles. The van der Waals surface area contributed by atoms with Gasteiger partial charge in [0.25, 0.3) is 0 Å². The van der Waals surface area contributed by atoms with E-state index in [1.165, 1.54) is 0 Å². The van der Waals surface area contributed by atoms with E-state index in [0.717, 1.165) is 0 Å². The molecule has 0 bridgehead atoms. The number of hydrogen-bond acceptors (Lipinski definition) is 3. The van der Waals surface area contributed by atoms with Crippen LogP contribution in [-0.4, -0.2) is 34.5 Å².